The third-order valence-corrected chi connectivity index (χ3v) is 5.08. The molecule has 0 bridgehead atoms. The third-order valence-electron chi connectivity index (χ3n) is 5.08. The number of hydrazone groups is 1. The molecule has 150 valence electrons. The van der Waals surface area contributed by atoms with E-state index in [1.807, 2.05) is 73.7 Å². The Balaban J connectivity index is 1.40. The first-order valence-corrected chi connectivity index (χ1v) is 10.0. The van der Waals surface area contributed by atoms with Gasteiger partial charge in [-0.05, 0) is 60.7 Å². The fraction of sp³-hybridized carbons (Fsp3) is 0.160. The number of anilines is 1. The summed E-state index contributed by atoms with van der Waals surface area (Å²) < 4.78 is 0. The molecule has 0 heterocycles. The van der Waals surface area contributed by atoms with Crippen LogP contribution >= 0.6 is 0 Å². The van der Waals surface area contributed by atoms with Crippen LogP contribution in [0.1, 0.15) is 35.7 Å². The van der Waals surface area contributed by atoms with Gasteiger partial charge in [0.25, 0.3) is 5.91 Å². The maximum Gasteiger partial charge on any atom is 0.271 e. The minimum Gasteiger partial charge on any atom is -0.326 e. The predicted octanol–water partition coefficient (Wildman–Crippen LogP) is 4.86. The molecular formula is C25H23N3O2. The average Bonchev–Trinajstić information content (AvgIpc) is 3.64. The molecule has 2 N–H and O–H groups in total. The van der Waals surface area contributed by atoms with Crippen molar-refractivity contribution in [2.75, 3.05) is 5.32 Å². The van der Waals surface area contributed by atoms with E-state index in [1.165, 1.54) is 0 Å². The number of carbonyl (C=O) groups excluding carboxylic acids is 2. The van der Waals surface area contributed by atoms with Crippen LogP contribution in [0.15, 0.2) is 84.0 Å². The van der Waals surface area contributed by atoms with Crippen molar-refractivity contribution in [1.82, 2.24) is 5.43 Å². The lowest BCUT2D eigenvalue weighted by molar-refractivity contribution is -0.117. The van der Waals surface area contributed by atoms with Gasteiger partial charge in [-0.3, -0.25) is 9.59 Å². The Morgan fingerprint density at radius 3 is 2.23 bits per heavy atom. The third kappa shape index (κ3) is 4.81. The smallest absolute Gasteiger partial charge is 0.271 e. The van der Waals surface area contributed by atoms with Crippen LogP contribution in [0.25, 0.3) is 11.1 Å². The highest BCUT2D eigenvalue weighted by atomic mass is 16.2. The Morgan fingerprint density at radius 2 is 1.53 bits per heavy atom. The number of hydrogen-bond acceptors (Lipinski definition) is 3. The van der Waals surface area contributed by atoms with Gasteiger partial charge in [-0.15, -0.1) is 0 Å². The minimum absolute atomic E-state index is 0.0639. The van der Waals surface area contributed by atoms with E-state index in [1.54, 1.807) is 12.1 Å². The number of hydrogen-bond donors (Lipinski definition) is 2. The van der Waals surface area contributed by atoms with E-state index in [0.717, 1.165) is 35.2 Å². The molecule has 5 heteroatoms. The van der Waals surface area contributed by atoms with Crippen LogP contribution in [0.3, 0.4) is 0 Å². The second kappa shape index (κ2) is 8.74. The van der Waals surface area contributed by atoms with Gasteiger partial charge < -0.3 is 5.32 Å². The summed E-state index contributed by atoms with van der Waals surface area (Å²) in [5.41, 5.74) is 7.53. The van der Waals surface area contributed by atoms with Gasteiger partial charge >= 0.3 is 0 Å². The van der Waals surface area contributed by atoms with Crippen molar-refractivity contribution in [1.29, 1.82) is 0 Å². The normalized spacial score (nSPS) is 13.6. The quantitative estimate of drug-likeness (QED) is 0.461. The largest absolute Gasteiger partial charge is 0.326 e. The first kappa shape index (κ1) is 19.6. The summed E-state index contributed by atoms with van der Waals surface area (Å²) in [7, 11) is 0. The molecule has 0 aliphatic heterocycles. The zero-order valence-electron chi connectivity index (χ0n) is 16.8. The lowest BCUT2D eigenvalue weighted by Crippen LogP contribution is -2.19. The molecule has 3 aromatic rings. The highest BCUT2D eigenvalue weighted by Gasteiger charge is 2.29. The Kier molecular flexibility index (Phi) is 5.70. The first-order chi connectivity index (χ1) is 14.6. The van der Waals surface area contributed by atoms with E-state index in [-0.39, 0.29) is 17.7 Å². The molecule has 5 nitrogen and oxygen atoms in total. The Labute approximate surface area is 175 Å². The molecule has 0 radical (unpaired) electrons. The second-order valence-electron chi connectivity index (χ2n) is 7.43. The van der Waals surface area contributed by atoms with Crippen molar-refractivity contribution >= 4 is 23.2 Å². The topological polar surface area (TPSA) is 70.6 Å². The standard InChI is InChI=1S/C25H23N3O2/c1-17(22-8-5-9-23(16-22)26-24(29)20-14-15-20)27-28-25(30)21-12-10-19(11-13-21)18-6-3-2-4-7-18/h2-13,16,20H,14-15H2,1H3,(H,26,29)(H,28,30)/b27-17+. The second-order valence-corrected chi connectivity index (χ2v) is 7.43. The van der Waals surface area contributed by atoms with E-state index in [0.29, 0.717) is 11.3 Å². The molecule has 3 aromatic carbocycles. The summed E-state index contributed by atoms with van der Waals surface area (Å²) in [6.07, 6.45) is 1.93. The molecule has 0 atom stereocenters. The van der Waals surface area contributed by atoms with Crippen LogP contribution in [0.4, 0.5) is 5.69 Å². The number of rotatable bonds is 6. The van der Waals surface area contributed by atoms with Crippen LogP contribution in [0, 0.1) is 5.92 Å². The fourth-order valence-corrected chi connectivity index (χ4v) is 3.12. The van der Waals surface area contributed by atoms with Crippen LogP contribution in [-0.2, 0) is 4.79 Å². The minimum atomic E-state index is -0.271. The summed E-state index contributed by atoms with van der Waals surface area (Å²) in [6, 6.07) is 24.9. The van der Waals surface area contributed by atoms with Gasteiger partial charge in [-0.25, -0.2) is 5.43 Å². The fourth-order valence-electron chi connectivity index (χ4n) is 3.12. The van der Waals surface area contributed by atoms with Gasteiger partial charge in [0.1, 0.15) is 0 Å². The van der Waals surface area contributed by atoms with Crippen molar-refractivity contribution < 1.29 is 9.59 Å². The molecule has 0 aromatic heterocycles. The van der Waals surface area contributed by atoms with Gasteiger partial charge in [-0.2, -0.15) is 5.10 Å². The van der Waals surface area contributed by atoms with Crippen LogP contribution in [0.5, 0.6) is 0 Å². The summed E-state index contributed by atoms with van der Waals surface area (Å²) in [6.45, 7) is 1.82. The average molecular weight is 397 g/mol. The van der Waals surface area contributed by atoms with Crippen LogP contribution in [0.2, 0.25) is 0 Å². The molecule has 0 saturated heterocycles. The van der Waals surface area contributed by atoms with E-state index < -0.39 is 0 Å². The Morgan fingerprint density at radius 1 is 0.833 bits per heavy atom. The van der Waals surface area contributed by atoms with E-state index >= 15 is 0 Å². The molecule has 1 saturated carbocycles. The number of benzene rings is 3. The summed E-state index contributed by atoms with van der Waals surface area (Å²) >= 11 is 0. The van der Waals surface area contributed by atoms with Crippen molar-refractivity contribution in [2.45, 2.75) is 19.8 Å². The summed E-state index contributed by atoms with van der Waals surface area (Å²) in [4.78, 5) is 24.4. The molecule has 0 unspecified atom stereocenters. The highest BCUT2D eigenvalue weighted by Crippen LogP contribution is 2.30. The molecule has 2 amide bonds. The van der Waals surface area contributed by atoms with Crippen LogP contribution in [-0.4, -0.2) is 17.5 Å². The molecule has 30 heavy (non-hydrogen) atoms. The van der Waals surface area contributed by atoms with Gasteiger partial charge in [0.15, 0.2) is 0 Å². The van der Waals surface area contributed by atoms with Crippen molar-refractivity contribution in [3.8, 4) is 11.1 Å². The van der Waals surface area contributed by atoms with E-state index in [2.05, 4.69) is 15.8 Å². The first-order valence-electron chi connectivity index (χ1n) is 10.0. The number of amides is 2. The number of carbonyl (C=O) groups is 2. The monoisotopic (exact) mass is 397 g/mol. The lowest BCUT2D eigenvalue weighted by Gasteiger charge is -2.08. The van der Waals surface area contributed by atoms with Gasteiger partial charge in [0, 0.05) is 17.2 Å². The molecule has 0 spiro atoms. The lowest BCUT2D eigenvalue weighted by atomic mass is 10.0. The van der Waals surface area contributed by atoms with Crippen LogP contribution < -0.4 is 10.7 Å². The highest BCUT2D eigenvalue weighted by molar-refractivity contribution is 6.02. The molecule has 1 aliphatic carbocycles. The van der Waals surface area contributed by atoms with Crippen molar-refractivity contribution in [3.63, 3.8) is 0 Å². The summed E-state index contributed by atoms with van der Waals surface area (Å²) in [5.74, 6) is -0.0582. The van der Waals surface area contributed by atoms with Gasteiger partial charge in [0.05, 0.1) is 5.71 Å². The molecular weight excluding hydrogens is 374 g/mol. The van der Waals surface area contributed by atoms with E-state index in [9.17, 15) is 9.59 Å². The number of nitrogens with zero attached hydrogens (tertiary/aromatic N) is 1. The zero-order chi connectivity index (χ0) is 20.9. The predicted molar refractivity (Wildman–Crippen MR) is 119 cm³/mol. The molecule has 1 fully saturated rings. The molecule has 1 aliphatic rings. The Hall–Kier alpha value is -3.73. The van der Waals surface area contributed by atoms with Gasteiger partial charge in [0.2, 0.25) is 5.91 Å². The summed E-state index contributed by atoms with van der Waals surface area (Å²) in [5, 5.41) is 7.15. The van der Waals surface area contributed by atoms with Crippen molar-refractivity contribution in [2.24, 2.45) is 11.0 Å². The number of nitrogens with one attached hydrogen (secondary N) is 2. The maximum absolute atomic E-state index is 12.4. The van der Waals surface area contributed by atoms with Gasteiger partial charge in [-0.1, -0.05) is 54.6 Å². The molecule has 4 rings (SSSR count). The van der Waals surface area contributed by atoms with E-state index in [4.69, 9.17) is 0 Å². The maximum atomic E-state index is 12.4. The zero-order valence-corrected chi connectivity index (χ0v) is 16.8. The van der Waals surface area contributed by atoms with Crippen molar-refractivity contribution in [3.05, 3.63) is 90.0 Å². The SMILES string of the molecule is C/C(=N\NC(=O)c1ccc(-c2ccccc2)cc1)c1cccc(NC(=O)C2CC2)c1. The Bertz CT molecular complexity index is 1080.